The molecule has 0 radical (unpaired) electrons. The monoisotopic (exact) mass is 609 g/mol. The maximum Gasteiger partial charge on any atom is 0.255 e. The van der Waals surface area contributed by atoms with Gasteiger partial charge in [-0.15, -0.1) is 0 Å². The second-order valence-corrected chi connectivity index (χ2v) is 9.39. The number of hydrogen-bond acceptors (Lipinski definition) is 4. The van der Waals surface area contributed by atoms with Crippen molar-refractivity contribution in [2.45, 2.75) is 27.0 Å². The predicted octanol–water partition coefficient (Wildman–Crippen LogP) is 6.85. The fourth-order valence-electron chi connectivity index (χ4n) is 3.88. The minimum Gasteiger partial charge on any atom is -0.496 e. The normalized spacial score (nSPS) is 11.0. The van der Waals surface area contributed by atoms with Gasteiger partial charge in [0.15, 0.2) is 23.3 Å². The first-order valence-electron chi connectivity index (χ1n) is 11.4. The van der Waals surface area contributed by atoms with Crippen molar-refractivity contribution in [3.8, 4) is 11.5 Å². The molecule has 1 amide bonds. The number of rotatable bonds is 8. The van der Waals surface area contributed by atoms with E-state index >= 15 is 0 Å². The number of methoxy groups -OCH3 is 1. The highest BCUT2D eigenvalue weighted by molar-refractivity contribution is 9.10. The third-order valence-corrected chi connectivity index (χ3v) is 6.51. The Hall–Kier alpha value is -3.93. The topological polar surface area (TPSA) is 65.4 Å². The van der Waals surface area contributed by atoms with Gasteiger partial charge in [0.05, 0.1) is 36.3 Å². The Bertz CT molecular complexity index is 1530. The fourth-order valence-corrected chi connectivity index (χ4v) is 4.15. The molecular formula is C27H21BrF5N3O3. The van der Waals surface area contributed by atoms with E-state index in [2.05, 4.69) is 26.3 Å². The minimum atomic E-state index is -2.24. The Labute approximate surface area is 228 Å². The maximum absolute atomic E-state index is 14.2. The number of ether oxygens (including phenoxy) is 2. The molecule has 0 aliphatic carbocycles. The van der Waals surface area contributed by atoms with Crippen molar-refractivity contribution >= 4 is 27.5 Å². The zero-order chi connectivity index (χ0) is 28.4. The molecule has 12 heteroatoms. The molecule has 1 N–H and O–H groups in total. The van der Waals surface area contributed by atoms with Crippen molar-refractivity contribution < 1.29 is 36.2 Å². The van der Waals surface area contributed by atoms with Gasteiger partial charge in [0.2, 0.25) is 5.82 Å². The molecule has 39 heavy (non-hydrogen) atoms. The molecule has 6 nitrogen and oxygen atoms in total. The van der Waals surface area contributed by atoms with E-state index < -0.39 is 47.1 Å². The zero-order valence-corrected chi connectivity index (χ0v) is 22.4. The summed E-state index contributed by atoms with van der Waals surface area (Å²) in [6.07, 6.45) is 0. The molecule has 4 rings (SSSR count). The standard InChI is InChI=1S/C27H21BrF5N3O3/c1-13-26(14(2)36(35-13)11-19-21(29)23(31)25(33)24(32)22(19)30)34-27(37)15-4-9-20(38-3)16(10-15)12-39-18-7-5-17(28)6-8-18/h4-10H,11-12H2,1-3H3,(H,34,37). The Kier molecular flexibility index (Phi) is 8.24. The number of anilines is 1. The third-order valence-electron chi connectivity index (χ3n) is 5.98. The number of benzene rings is 3. The number of hydrogen-bond donors (Lipinski definition) is 1. The molecule has 0 saturated heterocycles. The van der Waals surface area contributed by atoms with Crippen LogP contribution in [0.2, 0.25) is 0 Å². The van der Waals surface area contributed by atoms with E-state index in [-0.39, 0.29) is 29.2 Å². The van der Waals surface area contributed by atoms with E-state index in [1.54, 1.807) is 30.3 Å². The SMILES string of the molecule is COc1ccc(C(=O)Nc2c(C)nn(Cc3c(F)c(F)c(F)c(F)c3F)c2C)cc1COc1ccc(Br)cc1. The first kappa shape index (κ1) is 28.1. The summed E-state index contributed by atoms with van der Waals surface area (Å²) in [6, 6.07) is 12.0. The van der Waals surface area contributed by atoms with Gasteiger partial charge in [-0.25, -0.2) is 22.0 Å². The van der Waals surface area contributed by atoms with Crippen LogP contribution in [-0.2, 0) is 13.2 Å². The summed E-state index contributed by atoms with van der Waals surface area (Å²) in [6.45, 7) is 2.40. The van der Waals surface area contributed by atoms with Gasteiger partial charge in [-0.05, 0) is 56.3 Å². The molecule has 0 bridgehead atoms. The van der Waals surface area contributed by atoms with Crippen LogP contribution in [0.25, 0.3) is 0 Å². The molecule has 0 aliphatic rings. The summed E-state index contributed by atoms with van der Waals surface area (Å²) in [4.78, 5) is 13.1. The van der Waals surface area contributed by atoms with Crippen molar-refractivity contribution in [3.63, 3.8) is 0 Å². The van der Waals surface area contributed by atoms with Crippen molar-refractivity contribution in [2.75, 3.05) is 12.4 Å². The molecular weight excluding hydrogens is 589 g/mol. The van der Waals surface area contributed by atoms with Gasteiger partial charge >= 0.3 is 0 Å². The zero-order valence-electron chi connectivity index (χ0n) is 20.8. The van der Waals surface area contributed by atoms with Gasteiger partial charge in [0, 0.05) is 15.6 Å². The van der Waals surface area contributed by atoms with Gasteiger partial charge in [0.25, 0.3) is 5.91 Å². The van der Waals surface area contributed by atoms with E-state index in [4.69, 9.17) is 9.47 Å². The largest absolute Gasteiger partial charge is 0.496 e. The Morgan fingerprint density at radius 3 is 2.18 bits per heavy atom. The predicted molar refractivity (Wildman–Crippen MR) is 136 cm³/mol. The Morgan fingerprint density at radius 1 is 0.949 bits per heavy atom. The molecule has 204 valence electrons. The number of aryl methyl sites for hydroxylation is 1. The first-order chi connectivity index (χ1) is 18.5. The number of amides is 1. The van der Waals surface area contributed by atoms with Crippen LogP contribution in [0, 0.1) is 42.9 Å². The number of aromatic nitrogens is 2. The average Bonchev–Trinajstić information content (AvgIpc) is 3.19. The number of halogens is 6. The molecule has 0 spiro atoms. The van der Waals surface area contributed by atoms with Gasteiger partial charge in [-0.1, -0.05) is 15.9 Å². The molecule has 3 aromatic carbocycles. The fraction of sp³-hybridized carbons (Fsp3) is 0.185. The van der Waals surface area contributed by atoms with Gasteiger partial charge in [-0.2, -0.15) is 5.10 Å². The van der Waals surface area contributed by atoms with Crippen molar-refractivity contribution in [3.05, 3.63) is 104 Å². The number of nitrogens with one attached hydrogen (secondary N) is 1. The van der Waals surface area contributed by atoms with Crippen LogP contribution in [0.4, 0.5) is 27.6 Å². The number of carbonyl (C=O) groups excluding carboxylic acids is 1. The van der Waals surface area contributed by atoms with Crippen molar-refractivity contribution in [1.82, 2.24) is 9.78 Å². The smallest absolute Gasteiger partial charge is 0.255 e. The van der Waals surface area contributed by atoms with Crippen molar-refractivity contribution in [2.24, 2.45) is 0 Å². The lowest BCUT2D eigenvalue weighted by Crippen LogP contribution is -2.15. The molecule has 0 fully saturated rings. The minimum absolute atomic E-state index is 0.115. The molecule has 4 aromatic rings. The van der Waals surface area contributed by atoms with Crippen molar-refractivity contribution in [1.29, 1.82) is 0 Å². The van der Waals surface area contributed by atoms with Crippen LogP contribution in [0.5, 0.6) is 11.5 Å². The van der Waals surface area contributed by atoms with E-state index in [1.165, 1.54) is 21.0 Å². The van der Waals surface area contributed by atoms with Gasteiger partial charge in [0.1, 0.15) is 18.1 Å². The summed E-state index contributed by atoms with van der Waals surface area (Å²) >= 11 is 3.36. The second kappa shape index (κ2) is 11.4. The van der Waals surface area contributed by atoms with Gasteiger partial charge < -0.3 is 14.8 Å². The van der Waals surface area contributed by atoms with E-state index in [1.807, 2.05) is 12.1 Å². The highest BCUT2D eigenvalue weighted by Crippen LogP contribution is 2.28. The summed E-state index contributed by atoms with van der Waals surface area (Å²) in [5, 5.41) is 6.82. The molecule has 1 aromatic heterocycles. The van der Waals surface area contributed by atoms with Crippen LogP contribution >= 0.6 is 15.9 Å². The first-order valence-corrected chi connectivity index (χ1v) is 12.2. The Morgan fingerprint density at radius 2 is 1.56 bits per heavy atom. The molecule has 0 aliphatic heterocycles. The van der Waals surface area contributed by atoms with Crippen LogP contribution in [0.1, 0.15) is 32.9 Å². The average molecular weight is 610 g/mol. The third kappa shape index (κ3) is 5.75. The van der Waals surface area contributed by atoms with Crippen LogP contribution in [0.15, 0.2) is 46.9 Å². The number of carbonyl (C=O) groups is 1. The lowest BCUT2D eigenvalue weighted by atomic mass is 10.1. The summed E-state index contributed by atoms with van der Waals surface area (Å²) < 4.78 is 82.2. The summed E-state index contributed by atoms with van der Waals surface area (Å²) in [7, 11) is 1.49. The molecule has 1 heterocycles. The Balaban J connectivity index is 1.56. The number of nitrogens with zero attached hydrogens (tertiary/aromatic N) is 2. The molecule has 0 atom stereocenters. The highest BCUT2D eigenvalue weighted by Gasteiger charge is 2.27. The lowest BCUT2D eigenvalue weighted by Gasteiger charge is -2.13. The second-order valence-electron chi connectivity index (χ2n) is 8.48. The van der Waals surface area contributed by atoms with Crippen LogP contribution in [-0.4, -0.2) is 22.8 Å². The van der Waals surface area contributed by atoms with Crippen LogP contribution < -0.4 is 14.8 Å². The van der Waals surface area contributed by atoms with E-state index in [9.17, 15) is 26.7 Å². The summed E-state index contributed by atoms with van der Waals surface area (Å²) in [5.74, 6) is -9.62. The maximum atomic E-state index is 14.2. The highest BCUT2D eigenvalue weighted by atomic mass is 79.9. The molecule has 0 unspecified atom stereocenters. The van der Waals surface area contributed by atoms with E-state index in [0.717, 1.165) is 9.15 Å². The lowest BCUT2D eigenvalue weighted by molar-refractivity contribution is 0.102. The van der Waals surface area contributed by atoms with Gasteiger partial charge in [-0.3, -0.25) is 9.48 Å². The summed E-state index contributed by atoms with van der Waals surface area (Å²) in [5.41, 5.74) is 0.571. The quantitative estimate of drug-likeness (QED) is 0.135. The molecule has 0 saturated carbocycles. The van der Waals surface area contributed by atoms with E-state index in [0.29, 0.717) is 17.1 Å². The van der Waals surface area contributed by atoms with Crippen LogP contribution in [0.3, 0.4) is 0 Å².